The number of amides is 1. The van der Waals surface area contributed by atoms with E-state index in [4.69, 9.17) is 0 Å². The Kier molecular flexibility index (Phi) is 3.95. The maximum Gasteiger partial charge on any atom is 0.272 e. The Hall–Kier alpha value is -2.70. The van der Waals surface area contributed by atoms with E-state index in [2.05, 4.69) is 21.5 Å². The van der Waals surface area contributed by atoms with Gasteiger partial charge in [-0.15, -0.1) is 5.10 Å². The normalized spacial score (nSPS) is 20.3. The number of likely N-dealkylation sites (tertiary alicyclic amines) is 1. The standard InChI is InChI=1S/C20H24N6O/c1-14-19(26-10-3-2-6-18(26)21-14)20(27)24-9-4-5-15(11-24)12-25-13-17(22-23-25)16-7-8-16/h2-3,6,10,13,15-16H,4-5,7-9,11-12H2,1H3/t15-/m0/s1. The highest BCUT2D eigenvalue weighted by Gasteiger charge is 2.29. The number of fused-ring (bicyclic) bond motifs is 1. The summed E-state index contributed by atoms with van der Waals surface area (Å²) >= 11 is 0. The average molecular weight is 364 g/mol. The fourth-order valence-corrected chi connectivity index (χ4v) is 4.15. The molecule has 2 aliphatic rings. The molecule has 0 N–H and O–H groups in total. The van der Waals surface area contributed by atoms with Crippen LogP contribution in [0.1, 0.15) is 53.5 Å². The molecule has 0 spiro atoms. The topological polar surface area (TPSA) is 68.3 Å². The second kappa shape index (κ2) is 6.48. The predicted octanol–water partition coefficient (Wildman–Crippen LogP) is 2.66. The molecule has 1 aliphatic heterocycles. The van der Waals surface area contributed by atoms with E-state index in [1.807, 2.05) is 45.3 Å². The lowest BCUT2D eigenvalue weighted by Gasteiger charge is -2.32. The molecule has 27 heavy (non-hydrogen) atoms. The van der Waals surface area contributed by atoms with Gasteiger partial charge in [-0.05, 0) is 50.7 Å². The van der Waals surface area contributed by atoms with Crippen molar-refractivity contribution >= 4 is 11.6 Å². The molecule has 0 radical (unpaired) electrons. The van der Waals surface area contributed by atoms with Crippen molar-refractivity contribution in [2.45, 2.75) is 45.1 Å². The maximum absolute atomic E-state index is 13.2. The summed E-state index contributed by atoms with van der Waals surface area (Å²) < 4.78 is 3.87. The number of hydrogen-bond acceptors (Lipinski definition) is 4. The van der Waals surface area contributed by atoms with E-state index in [0.717, 1.165) is 49.5 Å². The third-order valence-corrected chi connectivity index (χ3v) is 5.71. The molecule has 7 heteroatoms. The highest BCUT2D eigenvalue weighted by atomic mass is 16.2. The van der Waals surface area contributed by atoms with Gasteiger partial charge in [0.15, 0.2) is 0 Å². The van der Waals surface area contributed by atoms with Crippen LogP contribution in [0.25, 0.3) is 5.65 Å². The van der Waals surface area contributed by atoms with Crippen LogP contribution in [0.4, 0.5) is 0 Å². The molecule has 2 fully saturated rings. The van der Waals surface area contributed by atoms with Gasteiger partial charge in [-0.25, -0.2) is 4.98 Å². The van der Waals surface area contributed by atoms with Crippen molar-refractivity contribution in [1.29, 1.82) is 0 Å². The third kappa shape index (κ3) is 3.11. The van der Waals surface area contributed by atoms with Gasteiger partial charge >= 0.3 is 0 Å². The van der Waals surface area contributed by atoms with Crippen molar-refractivity contribution < 1.29 is 4.79 Å². The fraction of sp³-hybridized carbons (Fsp3) is 0.500. The van der Waals surface area contributed by atoms with Gasteiger partial charge in [-0.3, -0.25) is 13.9 Å². The molecule has 7 nitrogen and oxygen atoms in total. The van der Waals surface area contributed by atoms with Crippen LogP contribution in [0.15, 0.2) is 30.6 Å². The zero-order valence-electron chi connectivity index (χ0n) is 15.6. The van der Waals surface area contributed by atoms with E-state index in [1.54, 1.807) is 0 Å². The van der Waals surface area contributed by atoms with Gasteiger partial charge in [0.05, 0.1) is 11.4 Å². The van der Waals surface area contributed by atoms with Crippen molar-refractivity contribution in [3.63, 3.8) is 0 Å². The molecule has 1 aliphatic carbocycles. The summed E-state index contributed by atoms with van der Waals surface area (Å²) in [7, 11) is 0. The minimum atomic E-state index is 0.0770. The smallest absolute Gasteiger partial charge is 0.272 e. The van der Waals surface area contributed by atoms with E-state index < -0.39 is 0 Å². The lowest BCUT2D eigenvalue weighted by molar-refractivity contribution is 0.0651. The molecule has 4 heterocycles. The minimum Gasteiger partial charge on any atom is -0.337 e. The first-order valence-corrected chi connectivity index (χ1v) is 9.82. The molecule has 0 unspecified atom stereocenters. The van der Waals surface area contributed by atoms with E-state index in [0.29, 0.717) is 17.5 Å². The number of aryl methyl sites for hydroxylation is 1. The predicted molar refractivity (Wildman–Crippen MR) is 101 cm³/mol. The van der Waals surface area contributed by atoms with Crippen molar-refractivity contribution in [1.82, 2.24) is 29.3 Å². The van der Waals surface area contributed by atoms with Crippen LogP contribution in [0.3, 0.4) is 0 Å². The highest BCUT2D eigenvalue weighted by Crippen LogP contribution is 2.38. The maximum atomic E-state index is 13.2. The summed E-state index contributed by atoms with van der Waals surface area (Å²) in [6.07, 6.45) is 8.63. The number of piperidine rings is 1. The average Bonchev–Trinajstić information content (AvgIpc) is 3.33. The molecule has 140 valence electrons. The summed E-state index contributed by atoms with van der Waals surface area (Å²) in [5.74, 6) is 1.12. The number of aromatic nitrogens is 5. The number of rotatable bonds is 4. The zero-order chi connectivity index (χ0) is 18.4. The Bertz CT molecular complexity index is 985. The Morgan fingerprint density at radius 1 is 1.26 bits per heavy atom. The van der Waals surface area contributed by atoms with Crippen LogP contribution >= 0.6 is 0 Å². The number of hydrogen-bond donors (Lipinski definition) is 0. The van der Waals surface area contributed by atoms with Gasteiger partial charge in [0.25, 0.3) is 5.91 Å². The number of nitrogens with zero attached hydrogens (tertiary/aromatic N) is 6. The minimum absolute atomic E-state index is 0.0770. The highest BCUT2D eigenvalue weighted by molar-refractivity contribution is 5.94. The molecule has 1 saturated carbocycles. The first-order valence-electron chi connectivity index (χ1n) is 9.82. The van der Waals surface area contributed by atoms with Crippen LogP contribution in [0.5, 0.6) is 0 Å². The van der Waals surface area contributed by atoms with Crippen LogP contribution in [-0.2, 0) is 6.54 Å². The lowest BCUT2D eigenvalue weighted by Crippen LogP contribution is -2.41. The third-order valence-electron chi connectivity index (χ3n) is 5.71. The Labute approximate surface area is 158 Å². The molecule has 5 rings (SSSR count). The number of carbonyl (C=O) groups is 1. The molecule has 0 bridgehead atoms. The van der Waals surface area contributed by atoms with E-state index in [1.165, 1.54) is 12.8 Å². The fourth-order valence-electron chi connectivity index (χ4n) is 4.15. The molecule has 1 saturated heterocycles. The van der Waals surface area contributed by atoms with Crippen LogP contribution in [0.2, 0.25) is 0 Å². The van der Waals surface area contributed by atoms with Gasteiger partial charge in [0.2, 0.25) is 0 Å². The summed E-state index contributed by atoms with van der Waals surface area (Å²) in [6.45, 7) is 4.31. The number of pyridine rings is 1. The van der Waals surface area contributed by atoms with Crippen molar-refractivity contribution in [2.24, 2.45) is 5.92 Å². The second-order valence-electron chi connectivity index (χ2n) is 7.87. The summed E-state index contributed by atoms with van der Waals surface area (Å²) in [6, 6.07) is 5.82. The molecule has 3 aromatic heterocycles. The quantitative estimate of drug-likeness (QED) is 0.714. The first-order chi connectivity index (χ1) is 13.2. The molecule has 1 amide bonds. The summed E-state index contributed by atoms with van der Waals surface area (Å²) in [5.41, 5.74) is 3.42. The van der Waals surface area contributed by atoms with Crippen molar-refractivity contribution in [2.75, 3.05) is 13.1 Å². The number of imidazole rings is 1. The monoisotopic (exact) mass is 364 g/mol. The van der Waals surface area contributed by atoms with Gasteiger partial charge in [0, 0.05) is 37.9 Å². The summed E-state index contributed by atoms with van der Waals surface area (Å²) in [4.78, 5) is 19.7. The Balaban J connectivity index is 1.32. The molecule has 3 aromatic rings. The Morgan fingerprint density at radius 2 is 2.15 bits per heavy atom. The zero-order valence-corrected chi connectivity index (χ0v) is 15.6. The Morgan fingerprint density at radius 3 is 3.00 bits per heavy atom. The van der Waals surface area contributed by atoms with Crippen LogP contribution < -0.4 is 0 Å². The van der Waals surface area contributed by atoms with Gasteiger partial charge in [-0.2, -0.15) is 0 Å². The van der Waals surface area contributed by atoms with Crippen molar-refractivity contribution in [3.05, 3.63) is 47.7 Å². The van der Waals surface area contributed by atoms with E-state index in [9.17, 15) is 4.79 Å². The van der Waals surface area contributed by atoms with Gasteiger partial charge in [-0.1, -0.05) is 11.3 Å². The van der Waals surface area contributed by atoms with Crippen LogP contribution in [-0.4, -0.2) is 48.3 Å². The molecular formula is C20H24N6O. The van der Waals surface area contributed by atoms with E-state index in [-0.39, 0.29) is 5.91 Å². The lowest BCUT2D eigenvalue weighted by atomic mass is 9.97. The number of carbonyl (C=O) groups excluding carboxylic acids is 1. The SMILES string of the molecule is Cc1nc2ccccn2c1C(=O)N1CCC[C@H](Cn2cc(C3CC3)nn2)C1. The van der Waals surface area contributed by atoms with Crippen molar-refractivity contribution in [3.8, 4) is 0 Å². The van der Waals surface area contributed by atoms with Crippen LogP contribution in [0, 0.1) is 12.8 Å². The van der Waals surface area contributed by atoms with Gasteiger partial charge < -0.3 is 4.90 Å². The largest absolute Gasteiger partial charge is 0.337 e. The first kappa shape index (κ1) is 16.5. The summed E-state index contributed by atoms with van der Waals surface area (Å²) in [5, 5.41) is 8.60. The van der Waals surface area contributed by atoms with E-state index >= 15 is 0 Å². The molecular weight excluding hydrogens is 340 g/mol. The second-order valence-corrected chi connectivity index (χ2v) is 7.87. The van der Waals surface area contributed by atoms with Gasteiger partial charge in [0.1, 0.15) is 11.3 Å². The molecule has 1 atom stereocenters. The molecule has 0 aromatic carbocycles.